The Hall–Kier alpha value is -0.950. The van der Waals surface area contributed by atoms with E-state index in [2.05, 4.69) is 5.48 Å². The largest absolute Gasteiger partial charge is 0.389 e. The topological polar surface area (TPSA) is 94.2 Å². The van der Waals surface area contributed by atoms with Gasteiger partial charge in [-0.25, -0.2) is 23.0 Å². The molecule has 1 N–H and O–H groups in total. The minimum Gasteiger partial charge on any atom is -0.381 e. The maximum atomic E-state index is 13.7. The standard InChI is InChI=1S/C24H41F3N2O6S/c25-24(26,27)12-6-3-1-2-4-8-20-10-15-29(16-11-20)36(31,32)23(13-18-33-19-14-23)22(30)28-35-21-9-5-7-17-34-21/h20-21H,1-19H2,(H,28,30). The Morgan fingerprint density at radius 1 is 0.972 bits per heavy atom. The number of unbranched alkanes of at least 4 members (excludes halogenated alkanes) is 4. The van der Waals surface area contributed by atoms with Crippen LogP contribution < -0.4 is 5.48 Å². The minimum atomic E-state index is -4.07. The van der Waals surface area contributed by atoms with Crippen LogP contribution in [0.1, 0.15) is 89.9 Å². The Labute approximate surface area is 212 Å². The van der Waals surface area contributed by atoms with Gasteiger partial charge in [0.1, 0.15) is 0 Å². The fraction of sp³-hybridized carbons (Fsp3) is 0.958. The van der Waals surface area contributed by atoms with Crippen molar-refractivity contribution in [2.45, 2.75) is 107 Å². The lowest BCUT2D eigenvalue weighted by atomic mass is 9.92. The first-order valence-electron chi connectivity index (χ1n) is 13.4. The molecule has 3 aliphatic heterocycles. The maximum absolute atomic E-state index is 13.7. The molecule has 1 amide bonds. The quantitative estimate of drug-likeness (QED) is 0.289. The molecule has 0 aromatic carbocycles. The van der Waals surface area contributed by atoms with E-state index in [0.717, 1.165) is 38.5 Å². The monoisotopic (exact) mass is 542 g/mol. The van der Waals surface area contributed by atoms with Gasteiger partial charge < -0.3 is 9.47 Å². The number of hydroxylamine groups is 1. The zero-order chi connectivity index (χ0) is 26.1. The number of nitrogens with one attached hydrogen (secondary N) is 1. The summed E-state index contributed by atoms with van der Waals surface area (Å²) in [5.41, 5.74) is 2.39. The van der Waals surface area contributed by atoms with Gasteiger partial charge in [0, 0.05) is 58.6 Å². The second kappa shape index (κ2) is 13.7. The summed E-state index contributed by atoms with van der Waals surface area (Å²) in [5, 5.41) is 0. The Morgan fingerprint density at radius 2 is 1.64 bits per heavy atom. The Balaban J connectivity index is 1.45. The van der Waals surface area contributed by atoms with E-state index in [-0.39, 0.29) is 32.5 Å². The van der Waals surface area contributed by atoms with Gasteiger partial charge in [-0.2, -0.15) is 13.2 Å². The normalized spacial score (nSPS) is 24.5. The third kappa shape index (κ3) is 8.28. The molecule has 8 nitrogen and oxygen atoms in total. The Bertz CT molecular complexity index is 775. The molecule has 3 fully saturated rings. The summed E-state index contributed by atoms with van der Waals surface area (Å²) < 4.78 is 74.8. The number of hydrogen-bond acceptors (Lipinski definition) is 6. The van der Waals surface area contributed by atoms with Gasteiger partial charge in [-0.05, 0) is 38.0 Å². The van der Waals surface area contributed by atoms with Crippen molar-refractivity contribution in [3.8, 4) is 0 Å². The lowest BCUT2D eigenvalue weighted by Crippen LogP contribution is -2.61. The number of sulfonamides is 1. The van der Waals surface area contributed by atoms with Crippen molar-refractivity contribution in [1.29, 1.82) is 0 Å². The molecule has 3 rings (SSSR count). The summed E-state index contributed by atoms with van der Waals surface area (Å²) in [4.78, 5) is 18.6. The molecule has 0 bridgehead atoms. The molecule has 1 atom stereocenters. The van der Waals surface area contributed by atoms with Gasteiger partial charge in [0.15, 0.2) is 11.0 Å². The first-order valence-corrected chi connectivity index (χ1v) is 14.8. The Morgan fingerprint density at radius 3 is 2.28 bits per heavy atom. The highest BCUT2D eigenvalue weighted by molar-refractivity contribution is 7.91. The molecule has 0 saturated carbocycles. The van der Waals surface area contributed by atoms with E-state index in [1.807, 2.05) is 0 Å². The molecule has 3 heterocycles. The van der Waals surface area contributed by atoms with E-state index in [1.54, 1.807) is 0 Å². The smallest absolute Gasteiger partial charge is 0.381 e. The van der Waals surface area contributed by atoms with Crippen LogP contribution in [0.2, 0.25) is 0 Å². The van der Waals surface area contributed by atoms with Crippen molar-refractivity contribution in [3.05, 3.63) is 0 Å². The van der Waals surface area contributed by atoms with E-state index < -0.39 is 39.6 Å². The van der Waals surface area contributed by atoms with Gasteiger partial charge in [0.2, 0.25) is 10.0 Å². The molecule has 36 heavy (non-hydrogen) atoms. The van der Waals surface area contributed by atoms with Crippen molar-refractivity contribution in [1.82, 2.24) is 9.79 Å². The molecule has 0 aromatic rings. The summed E-state index contributed by atoms with van der Waals surface area (Å²) in [6.45, 7) is 1.64. The van der Waals surface area contributed by atoms with Gasteiger partial charge in [-0.1, -0.05) is 32.1 Å². The number of carbonyl (C=O) groups is 1. The summed E-state index contributed by atoms with van der Waals surface area (Å²) in [6, 6.07) is 0. The molecule has 0 aromatic heterocycles. The second-order valence-corrected chi connectivity index (χ2v) is 12.5. The molecular weight excluding hydrogens is 501 g/mol. The van der Waals surface area contributed by atoms with Crippen molar-refractivity contribution < 1.29 is 40.7 Å². The van der Waals surface area contributed by atoms with Crippen LogP contribution in [0.25, 0.3) is 0 Å². The molecule has 12 heteroatoms. The lowest BCUT2D eigenvalue weighted by molar-refractivity contribution is -0.202. The zero-order valence-corrected chi connectivity index (χ0v) is 21.8. The van der Waals surface area contributed by atoms with Gasteiger partial charge in [0.25, 0.3) is 5.91 Å². The maximum Gasteiger partial charge on any atom is 0.389 e. The van der Waals surface area contributed by atoms with Gasteiger partial charge in [-0.3, -0.25) is 4.79 Å². The third-order valence-corrected chi connectivity index (χ3v) is 10.2. The number of ether oxygens (including phenoxy) is 2. The predicted molar refractivity (Wildman–Crippen MR) is 127 cm³/mol. The van der Waals surface area contributed by atoms with Crippen LogP contribution >= 0.6 is 0 Å². The van der Waals surface area contributed by atoms with Crippen molar-refractivity contribution in [2.24, 2.45) is 5.92 Å². The number of rotatable bonds is 12. The molecule has 0 spiro atoms. The average Bonchev–Trinajstić information content (AvgIpc) is 2.87. The number of halogens is 3. The fourth-order valence-electron chi connectivity index (χ4n) is 5.29. The van der Waals surface area contributed by atoms with Gasteiger partial charge >= 0.3 is 6.18 Å². The van der Waals surface area contributed by atoms with Gasteiger partial charge in [-0.15, -0.1) is 0 Å². The number of carbonyl (C=O) groups excluding carboxylic acids is 1. The highest BCUT2D eigenvalue weighted by atomic mass is 32.2. The summed E-state index contributed by atoms with van der Waals surface area (Å²) in [5.74, 6) is -0.273. The Kier molecular flexibility index (Phi) is 11.3. The van der Waals surface area contributed by atoms with Crippen LogP contribution in [0, 0.1) is 5.92 Å². The summed E-state index contributed by atoms with van der Waals surface area (Å²) >= 11 is 0. The predicted octanol–water partition coefficient (Wildman–Crippen LogP) is 4.44. The van der Waals surface area contributed by atoms with E-state index in [9.17, 15) is 26.4 Å². The molecule has 0 radical (unpaired) electrons. The van der Waals surface area contributed by atoms with E-state index in [0.29, 0.717) is 51.3 Å². The average molecular weight is 543 g/mol. The van der Waals surface area contributed by atoms with Crippen LogP contribution in [0.4, 0.5) is 13.2 Å². The molecular formula is C24H41F3N2O6S. The van der Waals surface area contributed by atoms with Crippen LogP contribution in [-0.4, -0.2) is 68.8 Å². The van der Waals surface area contributed by atoms with Gasteiger partial charge in [0.05, 0.1) is 0 Å². The number of alkyl halides is 3. The summed E-state index contributed by atoms with van der Waals surface area (Å²) in [7, 11) is -3.94. The van der Waals surface area contributed by atoms with Crippen LogP contribution in [0.3, 0.4) is 0 Å². The minimum absolute atomic E-state index is 0.0737. The number of amides is 1. The zero-order valence-electron chi connectivity index (χ0n) is 21.0. The van der Waals surface area contributed by atoms with Crippen molar-refractivity contribution in [3.63, 3.8) is 0 Å². The van der Waals surface area contributed by atoms with Crippen molar-refractivity contribution >= 4 is 15.9 Å². The molecule has 1 unspecified atom stereocenters. The highest BCUT2D eigenvalue weighted by Gasteiger charge is 2.54. The van der Waals surface area contributed by atoms with E-state index >= 15 is 0 Å². The first kappa shape index (κ1) is 29.6. The molecule has 3 aliphatic rings. The number of nitrogens with zero attached hydrogens (tertiary/aromatic N) is 1. The lowest BCUT2D eigenvalue weighted by Gasteiger charge is -2.41. The summed E-state index contributed by atoms with van der Waals surface area (Å²) in [6.07, 6.45) is 3.05. The van der Waals surface area contributed by atoms with E-state index in [1.165, 1.54) is 4.31 Å². The van der Waals surface area contributed by atoms with Crippen LogP contribution in [0.15, 0.2) is 0 Å². The fourth-order valence-corrected chi connectivity index (χ4v) is 7.44. The number of piperidine rings is 1. The third-order valence-electron chi connectivity index (χ3n) is 7.62. The van der Waals surface area contributed by atoms with Crippen molar-refractivity contribution in [2.75, 3.05) is 32.9 Å². The first-order chi connectivity index (χ1) is 17.1. The van der Waals surface area contributed by atoms with Crippen LogP contribution in [0.5, 0.6) is 0 Å². The van der Waals surface area contributed by atoms with Crippen LogP contribution in [-0.2, 0) is 29.1 Å². The highest BCUT2D eigenvalue weighted by Crippen LogP contribution is 2.36. The molecule has 3 saturated heterocycles. The second-order valence-electron chi connectivity index (χ2n) is 10.2. The molecule has 210 valence electrons. The number of hydrogen-bond donors (Lipinski definition) is 1. The SMILES string of the molecule is O=C(NOC1CCCCO1)C1(S(=O)(=O)N2CCC(CCCCCCCC(F)(F)F)CC2)CCOCC1. The molecule has 0 aliphatic carbocycles. The van der Waals surface area contributed by atoms with E-state index in [4.69, 9.17) is 14.3 Å².